The molecule has 13 heavy (non-hydrogen) atoms. The van der Waals surface area contributed by atoms with Crippen molar-refractivity contribution in [1.82, 2.24) is 5.32 Å². The summed E-state index contributed by atoms with van der Waals surface area (Å²) in [6.45, 7) is 6.41. The second-order valence-corrected chi connectivity index (χ2v) is 3.01. The van der Waals surface area contributed by atoms with Crippen molar-refractivity contribution >= 4 is 0 Å². The highest BCUT2D eigenvalue weighted by molar-refractivity contribution is 5.19. The number of rotatable bonds is 5. The lowest BCUT2D eigenvalue weighted by molar-refractivity contribution is 0.183. The molecule has 1 N–H and O–H groups in total. The molecule has 0 saturated carbocycles. The van der Waals surface area contributed by atoms with E-state index in [0.717, 1.165) is 30.2 Å². The Kier molecular flexibility index (Phi) is 3.99. The van der Waals surface area contributed by atoms with Crippen molar-refractivity contribution < 1.29 is 9.15 Å². The zero-order chi connectivity index (χ0) is 9.68. The van der Waals surface area contributed by atoms with Gasteiger partial charge >= 0.3 is 0 Å². The summed E-state index contributed by atoms with van der Waals surface area (Å²) < 4.78 is 10.6. The van der Waals surface area contributed by atoms with E-state index >= 15 is 0 Å². The summed E-state index contributed by atoms with van der Waals surface area (Å²) in [6, 6.07) is 2.04. The molecule has 0 aliphatic rings. The van der Waals surface area contributed by atoms with Crippen LogP contribution < -0.4 is 5.32 Å². The van der Waals surface area contributed by atoms with Gasteiger partial charge in [-0.1, -0.05) is 6.92 Å². The van der Waals surface area contributed by atoms with Crippen LogP contribution in [0.1, 0.15) is 24.0 Å². The highest BCUT2D eigenvalue weighted by Crippen LogP contribution is 2.14. The fourth-order valence-electron chi connectivity index (χ4n) is 1.22. The van der Waals surface area contributed by atoms with Gasteiger partial charge in [0.15, 0.2) is 0 Å². The maximum Gasteiger partial charge on any atom is 0.118 e. The van der Waals surface area contributed by atoms with Crippen LogP contribution in [0.4, 0.5) is 0 Å². The van der Waals surface area contributed by atoms with E-state index in [-0.39, 0.29) is 0 Å². The summed E-state index contributed by atoms with van der Waals surface area (Å²) in [4.78, 5) is 0. The lowest BCUT2D eigenvalue weighted by Crippen LogP contribution is -2.10. The van der Waals surface area contributed by atoms with Gasteiger partial charge in [0.25, 0.3) is 0 Å². The van der Waals surface area contributed by atoms with Crippen LogP contribution in [0.15, 0.2) is 10.5 Å². The van der Waals surface area contributed by atoms with E-state index in [2.05, 4.69) is 12.2 Å². The SMILES string of the molecule is CCNCc1cc(COC)c(C)o1. The van der Waals surface area contributed by atoms with E-state index in [1.807, 2.05) is 13.0 Å². The standard InChI is InChI=1S/C10H17NO2/c1-4-11-6-10-5-9(7-12-3)8(2)13-10/h5,11H,4,6-7H2,1-3H3. The lowest BCUT2D eigenvalue weighted by atomic mass is 10.2. The largest absolute Gasteiger partial charge is 0.465 e. The molecule has 0 aromatic carbocycles. The van der Waals surface area contributed by atoms with Gasteiger partial charge in [0.2, 0.25) is 0 Å². The number of hydrogen-bond acceptors (Lipinski definition) is 3. The van der Waals surface area contributed by atoms with Crippen LogP contribution >= 0.6 is 0 Å². The minimum atomic E-state index is 0.626. The van der Waals surface area contributed by atoms with Gasteiger partial charge in [-0.25, -0.2) is 0 Å². The Morgan fingerprint density at radius 3 is 2.92 bits per heavy atom. The molecule has 1 aromatic heterocycles. The van der Waals surface area contributed by atoms with Crippen LogP contribution in [0.2, 0.25) is 0 Å². The van der Waals surface area contributed by atoms with Gasteiger partial charge in [0, 0.05) is 12.7 Å². The van der Waals surface area contributed by atoms with E-state index in [1.54, 1.807) is 7.11 Å². The number of nitrogens with one attached hydrogen (secondary N) is 1. The third-order valence-electron chi connectivity index (χ3n) is 1.92. The van der Waals surface area contributed by atoms with Gasteiger partial charge in [-0.3, -0.25) is 0 Å². The minimum Gasteiger partial charge on any atom is -0.465 e. The van der Waals surface area contributed by atoms with Gasteiger partial charge in [-0.05, 0) is 19.5 Å². The van der Waals surface area contributed by atoms with Crippen molar-refractivity contribution in [1.29, 1.82) is 0 Å². The van der Waals surface area contributed by atoms with Crippen molar-refractivity contribution in [3.63, 3.8) is 0 Å². The molecule has 74 valence electrons. The van der Waals surface area contributed by atoms with E-state index in [9.17, 15) is 0 Å². The second kappa shape index (κ2) is 5.04. The number of furan rings is 1. The maximum atomic E-state index is 5.53. The summed E-state index contributed by atoms with van der Waals surface area (Å²) in [5, 5.41) is 3.21. The number of ether oxygens (including phenoxy) is 1. The molecule has 0 bridgehead atoms. The van der Waals surface area contributed by atoms with Gasteiger partial charge in [-0.2, -0.15) is 0 Å². The molecule has 3 heteroatoms. The molecule has 1 heterocycles. The van der Waals surface area contributed by atoms with Crippen molar-refractivity contribution in [2.45, 2.75) is 27.0 Å². The molecule has 0 saturated heterocycles. The van der Waals surface area contributed by atoms with Gasteiger partial charge < -0.3 is 14.5 Å². The Morgan fingerprint density at radius 1 is 1.54 bits per heavy atom. The van der Waals surface area contributed by atoms with Crippen LogP contribution in [0.3, 0.4) is 0 Å². The first-order chi connectivity index (χ1) is 6.27. The average Bonchev–Trinajstić information content (AvgIpc) is 2.45. The first-order valence-electron chi connectivity index (χ1n) is 4.55. The van der Waals surface area contributed by atoms with E-state index in [4.69, 9.17) is 9.15 Å². The fraction of sp³-hybridized carbons (Fsp3) is 0.600. The fourth-order valence-corrected chi connectivity index (χ4v) is 1.22. The van der Waals surface area contributed by atoms with Gasteiger partial charge in [0.1, 0.15) is 11.5 Å². The molecule has 1 rings (SSSR count). The molecule has 0 amide bonds. The molecule has 0 radical (unpaired) electrons. The quantitative estimate of drug-likeness (QED) is 0.756. The third-order valence-corrected chi connectivity index (χ3v) is 1.92. The topological polar surface area (TPSA) is 34.4 Å². The van der Waals surface area contributed by atoms with Crippen LogP contribution in [0.25, 0.3) is 0 Å². The number of methoxy groups -OCH3 is 1. The Bertz CT molecular complexity index is 255. The predicted octanol–water partition coefficient (Wildman–Crippen LogP) is 1.84. The zero-order valence-electron chi connectivity index (χ0n) is 8.52. The summed E-state index contributed by atoms with van der Waals surface area (Å²) >= 11 is 0. The number of hydrogen-bond donors (Lipinski definition) is 1. The van der Waals surface area contributed by atoms with Crippen molar-refractivity contribution in [3.05, 3.63) is 23.2 Å². The normalized spacial score (nSPS) is 10.7. The molecule has 0 aliphatic carbocycles. The molecule has 1 aromatic rings. The molecule has 3 nitrogen and oxygen atoms in total. The summed E-state index contributed by atoms with van der Waals surface area (Å²) in [6.07, 6.45) is 0. The van der Waals surface area contributed by atoms with Crippen LogP contribution in [-0.4, -0.2) is 13.7 Å². The van der Waals surface area contributed by atoms with Gasteiger partial charge in [0.05, 0.1) is 13.2 Å². The van der Waals surface area contributed by atoms with Crippen LogP contribution in [0, 0.1) is 6.92 Å². The summed E-state index contributed by atoms with van der Waals surface area (Å²) in [5.41, 5.74) is 1.13. The van der Waals surface area contributed by atoms with Gasteiger partial charge in [-0.15, -0.1) is 0 Å². The first kappa shape index (κ1) is 10.3. The molecule has 0 aliphatic heterocycles. The molecule has 0 atom stereocenters. The summed E-state index contributed by atoms with van der Waals surface area (Å²) in [5.74, 6) is 1.93. The molecule has 0 unspecified atom stereocenters. The molecular formula is C10H17NO2. The van der Waals surface area contributed by atoms with E-state index in [1.165, 1.54) is 0 Å². The Hall–Kier alpha value is -0.800. The Morgan fingerprint density at radius 2 is 2.31 bits per heavy atom. The average molecular weight is 183 g/mol. The van der Waals surface area contributed by atoms with Crippen molar-refractivity contribution in [2.75, 3.05) is 13.7 Å². The van der Waals surface area contributed by atoms with Crippen LogP contribution in [0.5, 0.6) is 0 Å². The van der Waals surface area contributed by atoms with E-state index in [0.29, 0.717) is 6.61 Å². The summed E-state index contributed by atoms with van der Waals surface area (Å²) in [7, 11) is 1.69. The minimum absolute atomic E-state index is 0.626. The van der Waals surface area contributed by atoms with E-state index < -0.39 is 0 Å². The second-order valence-electron chi connectivity index (χ2n) is 3.01. The highest BCUT2D eigenvalue weighted by Gasteiger charge is 2.05. The smallest absolute Gasteiger partial charge is 0.118 e. The third kappa shape index (κ3) is 2.86. The monoisotopic (exact) mass is 183 g/mol. The molecule has 0 fully saturated rings. The molecule has 0 spiro atoms. The molecular weight excluding hydrogens is 166 g/mol. The number of aryl methyl sites for hydroxylation is 1. The van der Waals surface area contributed by atoms with Crippen molar-refractivity contribution in [2.24, 2.45) is 0 Å². The van der Waals surface area contributed by atoms with Crippen LogP contribution in [-0.2, 0) is 17.9 Å². The lowest BCUT2D eigenvalue weighted by Gasteiger charge is -1.95. The first-order valence-corrected chi connectivity index (χ1v) is 4.55. The highest BCUT2D eigenvalue weighted by atomic mass is 16.5. The predicted molar refractivity (Wildman–Crippen MR) is 51.5 cm³/mol. The zero-order valence-corrected chi connectivity index (χ0v) is 8.52. The Balaban J connectivity index is 2.59. The Labute approximate surface area is 79.1 Å². The maximum absolute atomic E-state index is 5.53. The van der Waals surface area contributed by atoms with Crippen molar-refractivity contribution in [3.8, 4) is 0 Å².